The van der Waals surface area contributed by atoms with Gasteiger partial charge in [0.05, 0.1) is 5.92 Å². The van der Waals surface area contributed by atoms with Crippen molar-refractivity contribution >= 4 is 5.91 Å². The van der Waals surface area contributed by atoms with Gasteiger partial charge in [-0.05, 0) is 33.7 Å². The van der Waals surface area contributed by atoms with Crippen molar-refractivity contribution in [2.24, 2.45) is 5.92 Å². The van der Waals surface area contributed by atoms with Crippen LogP contribution in [0.5, 0.6) is 0 Å². The minimum atomic E-state index is 0.224. The van der Waals surface area contributed by atoms with Crippen LogP contribution in [0.25, 0.3) is 0 Å². The molecule has 13 heavy (non-hydrogen) atoms. The van der Waals surface area contributed by atoms with Crippen molar-refractivity contribution in [3.63, 3.8) is 0 Å². The van der Waals surface area contributed by atoms with Gasteiger partial charge >= 0.3 is 0 Å². The highest BCUT2D eigenvalue weighted by Crippen LogP contribution is 2.13. The summed E-state index contributed by atoms with van der Waals surface area (Å²) < 4.78 is 0. The van der Waals surface area contributed by atoms with Crippen LogP contribution in [0, 0.1) is 5.92 Å². The lowest BCUT2D eigenvalue weighted by Crippen LogP contribution is -2.41. The Kier molecular flexibility index (Phi) is 3.72. The normalized spacial score (nSPS) is 22.3. The SMILES string of the molecule is CCN(C(=O)C1CCNC1)C(C)C. The molecule has 1 unspecified atom stereocenters. The molecule has 0 spiro atoms. The molecule has 1 N–H and O–H groups in total. The van der Waals surface area contributed by atoms with E-state index in [0.29, 0.717) is 11.9 Å². The maximum absolute atomic E-state index is 11.9. The molecule has 1 aliphatic heterocycles. The van der Waals surface area contributed by atoms with Gasteiger partial charge in [-0.25, -0.2) is 0 Å². The summed E-state index contributed by atoms with van der Waals surface area (Å²) in [4.78, 5) is 13.9. The average molecular weight is 184 g/mol. The third-order valence-corrected chi connectivity index (χ3v) is 2.66. The van der Waals surface area contributed by atoms with E-state index in [1.165, 1.54) is 0 Å². The van der Waals surface area contributed by atoms with Gasteiger partial charge in [-0.2, -0.15) is 0 Å². The van der Waals surface area contributed by atoms with Gasteiger partial charge in [0.25, 0.3) is 0 Å². The van der Waals surface area contributed by atoms with Gasteiger partial charge in [-0.3, -0.25) is 4.79 Å². The van der Waals surface area contributed by atoms with Crippen LogP contribution in [-0.2, 0) is 4.79 Å². The average Bonchev–Trinajstić information content (AvgIpc) is 2.56. The van der Waals surface area contributed by atoms with Crippen molar-refractivity contribution in [2.45, 2.75) is 33.2 Å². The number of carbonyl (C=O) groups is 1. The molecule has 1 heterocycles. The van der Waals surface area contributed by atoms with Crippen LogP contribution < -0.4 is 5.32 Å². The quantitative estimate of drug-likeness (QED) is 0.705. The van der Waals surface area contributed by atoms with Crippen molar-refractivity contribution in [1.29, 1.82) is 0 Å². The monoisotopic (exact) mass is 184 g/mol. The summed E-state index contributed by atoms with van der Waals surface area (Å²) in [5.74, 6) is 0.546. The summed E-state index contributed by atoms with van der Waals surface area (Å²) in [5.41, 5.74) is 0. The van der Waals surface area contributed by atoms with Crippen LogP contribution in [-0.4, -0.2) is 36.5 Å². The molecule has 3 heteroatoms. The van der Waals surface area contributed by atoms with Crippen LogP contribution in [0.15, 0.2) is 0 Å². The van der Waals surface area contributed by atoms with Gasteiger partial charge in [0, 0.05) is 19.1 Å². The lowest BCUT2D eigenvalue weighted by molar-refractivity contribution is -0.136. The van der Waals surface area contributed by atoms with E-state index < -0.39 is 0 Å². The second-order valence-electron chi connectivity index (χ2n) is 3.91. The molecule has 1 amide bonds. The first kappa shape index (κ1) is 10.5. The predicted octanol–water partition coefficient (Wildman–Crippen LogP) is 0.853. The van der Waals surface area contributed by atoms with Crippen LogP contribution >= 0.6 is 0 Å². The highest BCUT2D eigenvalue weighted by molar-refractivity contribution is 5.79. The zero-order chi connectivity index (χ0) is 9.84. The highest BCUT2D eigenvalue weighted by Gasteiger charge is 2.27. The standard InChI is InChI=1S/C10H20N2O/c1-4-12(8(2)3)10(13)9-5-6-11-7-9/h8-9,11H,4-7H2,1-3H3. The molecule has 1 aliphatic rings. The summed E-state index contributed by atoms with van der Waals surface area (Å²) in [6, 6.07) is 0.332. The molecule has 0 aromatic rings. The Labute approximate surface area is 80.5 Å². The van der Waals surface area contributed by atoms with Crippen molar-refractivity contribution in [2.75, 3.05) is 19.6 Å². The van der Waals surface area contributed by atoms with Gasteiger partial charge in [0.1, 0.15) is 0 Å². The fraction of sp³-hybridized carbons (Fsp3) is 0.900. The molecule has 1 atom stereocenters. The van der Waals surface area contributed by atoms with E-state index in [1.807, 2.05) is 11.8 Å². The van der Waals surface area contributed by atoms with Crippen LogP contribution in [0.2, 0.25) is 0 Å². The summed E-state index contributed by atoms with van der Waals surface area (Å²) in [5, 5.41) is 3.22. The fourth-order valence-electron chi connectivity index (χ4n) is 1.88. The number of amides is 1. The van der Waals surface area contributed by atoms with Crippen LogP contribution in [0.1, 0.15) is 27.2 Å². The maximum Gasteiger partial charge on any atom is 0.227 e. The van der Waals surface area contributed by atoms with Gasteiger partial charge in [-0.1, -0.05) is 0 Å². The molecule has 1 rings (SSSR count). The number of nitrogens with one attached hydrogen (secondary N) is 1. The second kappa shape index (κ2) is 4.61. The lowest BCUT2D eigenvalue weighted by atomic mass is 10.1. The van der Waals surface area contributed by atoms with E-state index in [2.05, 4.69) is 19.2 Å². The van der Waals surface area contributed by atoms with E-state index in [-0.39, 0.29) is 5.92 Å². The maximum atomic E-state index is 11.9. The topological polar surface area (TPSA) is 32.3 Å². The molecule has 0 aromatic heterocycles. The third-order valence-electron chi connectivity index (χ3n) is 2.66. The number of rotatable bonds is 3. The highest BCUT2D eigenvalue weighted by atomic mass is 16.2. The second-order valence-corrected chi connectivity index (χ2v) is 3.91. The minimum absolute atomic E-state index is 0.224. The molecule has 0 radical (unpaired) electrons. The minimum Gasteiger partial charge on any atom is -0.340 e. The van der Waals surface area contributed by atoms with Gasteiger partial charge < -0.3 is 10.2 Å². The number of hydrogen-bond acceptors (Lipinski definition) is 2. The number of nitrogens with zero attached hydrogens (tertiary/aromatic N) is 1. The van der Waals surface area contributed by atoms with Gasteiger partial charge in [-0.15, -0.1) is 0 Å². The first-order valence-electron chi connectivity index (χ1n) is 5.18. The van der Waals surface area contributed by atoms with Crippen LogP contribution in [0.3, 0.4) is 0 Å². The Morgan fingerprint density at radius 3 is 2.69 bits per heavy atom. The fourth-order valence-corrected chi connectivity index (χ4v) is 1.88. The Morgan fingerprint density at radius 1 is 1.62 bits per heavy atom. The third kappa shape index (κ3) is 2.44. The predicted molar refractivity (Wildman–Crippen MR) is 53.5 cm³/mol. The first-order chi connectivity index (χ1) is 6.16. The largest absolute Gasteiger partial charge is 0.340 e. The zero-order valence-electron chi connectivity index (χ0n) is 8.84. The number of carbonyl (C=O) groups excluding carboxylic acids is 1. The van der Waals surface area contributed by atoms with Crippen LogP contribution in [0.4, 0.5) is 0 Å². The molecular weight excluding hydrogens is 164 g/mol. The van der Waals surface area contributed by atoms with E-state index in [1.54, 1.807) is 0 Å². The molecule has 3 nitrogen and oxygen atoms in total. The molecule has 1 fully saturated rings. The summed E-state index contributed by atoms with van der Waals surface area (Å²) in [6.07, 6.45) is 1.00. The van der Waals surface area contributed by atoms with Gasteiger partial charge in [0.15, 0.2) is 0 Å². The lowest BCUT2D eigenvalue weighted by Gasteiger charge is -2.27. The molecular formula is C10H20N2O. The van der Waals surface area contributed by atoms with E-state index in [9.17, 15) is 4.79 Å². The Balaban J connectivity index is 2.52. The molecule has 1 saturated heterocycles. The molecule has 0 aromatic carbocycles. The molecule has 0 bridgehead atoms. The molecule has 0 saturated carbocycles. The molecule has 76 valence electrons. The Hall–Kier alpha value is -0.570. The zero-order valence-corrected chi connectivity index (χ0v) is 8.84. The smallest absolute Gasteiger partial charge is 0.227 e. The Morgan fingerprint density at radius 2 is 2.31 bits per heavy atom. The Bertz CT molecular complexity index is 174. The molecule has 0 aliphatic carbocycles. The number of hydrogen-bond donors (Lipinski definition) is 1. The summed E-state index contributed by atoms with van der Waals surface area (Å²) in [6.45, 7) is 8.87. The van der Waals surface area contributed by atoms with E-state index in [4.69, 9.17) is 0 Å². The van der Waals surface area contributed by atoms with Crippen molar-refractivity contribution in [1.82, 2.24) is 10.2 Å². The van der Waals surface area contributed by atoms with E-state index in [0.717, 1.165) is 26.1 Å². The van der Waals surface area contributed by atoms with Crippen molar-refractivity contribution in [3.8, 4) is 0 Å². The first-order valence-corrected chi connectivity index (χ1v) is 5.18. The van der Waals surface area contributed by atoms with E-state index >= 15 is 0 Å². The van der Waals surface area contributed by atoms with Crippen molar-refractivity contribution < 1.29 is 4.79 Å². The summed E-state index contributed by atoms with van der Waals surface area (Å²) >= 11 is 0. The van der Waals surface area contributed by atoms with Crippen molar-refractivity contribution in [3.05, 3.63) is 0 Å². The van der Waals surface area contributed by atoms with Gasteiger partial charge in [0.2, 0.25) is 5.91 Å². The summed E-state index contributed by atoms with van der Waals surface area (Å²) in [7, 11) is 0.